The fourth-order valence-electron chi connectivity index (χ4n) is 2.63. The Morgan fingerprint density at radius 2 is 2.04 bits per heavy atom. The minimum atomic E-state index is -0.0444. The van der Waals surface area contributed by atoms with Gasteiger partial charge < -0.3 is 5.32 Å². The number of anilines is 2. The van der Waals surface area contributed by atoms with Crippen molar-refractivity contribution in [3.05, 3.63) is 69.2 Å². The van der Waals surface area contributed by atoms with Crippen molar-refractivity contribution in [1.29, 1.82) is 0 Å². The van der Waals surface area contributed by atoms with E-state index in [1.807, 2.05) is 43.3 Å². The van der Waals surface area contributed by atoms with Crippen LogP contribution < -0.4 is 10.9 Å². The predicted octanol–water partition coefficient (Wildman–Crippen LogP) is 4.78. The second kappa shape index (κ2) is 7.90. The maximum absolute atomic E-state index is 12.5. The van der Waals surface area contributed by atoms with E-state index < -0.39 is 0 Å². The Balaban J connectivity index is 1.49. The Morgan fingerprint density at radius 1 is 1.21 bits per heavy atom. The van der Waals surface area contributed by atoms with Crippen molar-refractivity contribution in [2.45, 2.75) is 17.0 Å². The van der Waals surface area contributed by atoms with Crippen LogP contribution in [0.1, 0.15) is 11.4 Å². The van der Waals surface area contributed by atoms with Gasteiger partial charge in [-0.05, 0) is 36.8 Å². The first-order valence-electron chi connectivity index (χ1n) is 8.45. The molecule has 0 atom stereocenters. The summed E-state index contributed by atoms with van der Waals surface area (Å²) in [6, 6.07) is 13.1. The van der Waals surface area contributed by atoms with Gasteiger partial charge in [-0.15, -0.1) is 10.2 Å². The second-order valence-corrected chi connectivity index (χ2v) is 8.77. The highest BCUT2D eigenvalue weighted by molar-refractivity contribution is 8.00. The molecule has 2 aromatic carbocycles. The summed E-state index contributed by atoms with van der Waals surface area (Å²) in [5.74, 6) is 1.23. The summed E-state index contributed by atoms with van der Waals surface area (Å²) in [6.45, 7) is 1.96. The van der Waals surface area contributed by atoms with Gasteiger partial charge in [0, 0.05) is 17.8 Å². The summed E-state index contributed by atoms with van der Waals surface area (Å²) in [4.78, 5) is 17.1. The van der Waals surface area contributed by atoms with E-state index in [0.29, 0.717) is 32.6 Å². The maximum atomic E-state index is 12.5. The molecule has 28 heavy (non-hydrogen) atoms. The van der Waals surface area contributed by atoms with Gasteiger partial charge in [0.2, 0.25) is 5.13 Å². The number of hydrogen-bond acceptors (Lipinski definition) is 7. The predicted molar refractivity (Wildman–Crippen MR) is 116 cm³/mol. The zero-order chi connectivity index (χ0) is 19.7. The SMILES string of the molecule is Cc1ccc(Nc2nnc(SCc3nc4ccccc4c(=O)n3C)s2)cc1Cl. The number of aryl methyl sites for hydroxylation is 1. The molecule has 6 nitrogen and oxygen atoms in total. The molecule has 0 bridgehead atoms. The zero-order valence-corrected chi connectivity index (χ0v) is 17.5. The number of hydrogen-bond donors (Lipinski definition) is 1. The lowest BCUT2D eigenvalue weighted by molar-refractivity contribution is 0.785. The third-order valence-electron chi connectivity index (χ3n) is 4.23. The summed E-state index contributed by atoms with van der Waals surface area (Å²) in [5.41, 5.74) is 2.55. The standard InChI is InChI=1S/C19H16ClN5OS2/c1-11-7-8-12(9-14(11)20)21-18-23-24-19(28-18)27-10-16-22-15-6-4-3-5-13(15)17(26)25(16)2/h3-9H,10H2,1-2H3,(H,21,23). The molecule has 4 rings (SSSR count). The Kier molecular flexibility index (Phi) is 5.34. The van der Waals surface area contributed by atoms with Gasteiger partial charge in [0.1, 0.15) is 5.82 Å². The molecule has 0 aliphatic carbocycles. The molecular weight excluding hydrogens is 414 g/mol. The number of thioether (sulfide) groups is 1. The molecule has 2 heterocycles. The molecule has 0 unspecified atom stereocenters. The normalized spacial score (nSPS) is 11.1. The van der Waals surface area contributed by atoms with Crippen LogP contribution in [0.15, 0.2) is 51.6 Å². The molecule has 4 aromatic rings. The van der Waals surface area contributed by atoms with Crippen molar-refractivity contribution in [3.63, 3.8) is 0 Å². The van der Waals surface area contributed by atoms with Gasteiger partial charge in [0.25, 0.3) is 5.56 Å². The Bertz CT molecular complexity index is 1220. The highest BCUT2D eigenvalue weighted by atomic mass is 35.5. The number of nitrogens with zero attached hydrogens (tertiary/aromatic N) is 4. The number of benzene rings is 2. The molecule has 0 saturated heterocycles. The van der Waals surface area contributed by atoms with Gasteiger partial charge in [0.05, 0.1) is 16.7 Å². The Morgan fingerprint density at radius 3 is 2.86 bits per heavy atom. The third-order valence-corrected chi connectivity index (χ3v) is 6.61. The number of fused-ring (bicyclic) bond motifs is 1. The molecule has 0 spiro atoms. The summed E-state index contributed by atoms with van der Waals surface area (Å²) in [6.07, 6.45) is 0. The summed E-state index contributed by atoms with van der Waals surface area (Å²) in [5, 5.41) is 13.6. The van der Waals surface area contributed by atoms with Crippen molar-refractivity contribution in [1.82, 2.24) is 19.7 Å². The molecule has 2 aromatic heterocycles. The summed E-state index contributed by atoms with van der Waals surface area (Å²) >= 11 is 9.10. The van der Waals surface area contributed by atoms with E-state index in [1.54, 1.807) is 17.7 Å². The van der Waals surface area contributed by atoms with Crippen LogP contribution in [0.25, 0.3) is 10.9 Å². The first kappa shape index (κ1) is 18.9. The fourth-order valence-corrected chi connectivity index (χ4v) is 4.57. The van der Waals surface area contributed by atoms with E-state index in [4.69, 9.17) is 11.6 Å². The van der Waals surface area contributed by atoms with Crippen molar-refractivity contribution in [2.75, 3.05) is 5.32 Å². The lowest BCUT2D eigenvalue weighted by Gasteiger charge is -2.07. The van der Waals surface area contributed by atoms with Crippen LogP contribution in [0, 0.1) is 6.92 Å². The van der Waals surface area contributed by atoms with Crippen LogP contribution in [0.3, 0.4) is 0 Å². The first-order chi connectivity index (χ1) is 13.5. The Labute approximate surface area is 174 Å². The van der Waals surface area contributed by atoms with Crippen LogP contribution >= 0.6 is 34.7 Å². The van der Waals surface area contributed by atoms with Gasteiger partial charge in [-0.25, -0.2) is 4.98 Å². The van der Waals surface area contributed by atoms with Crippen LogP contribution in [0.4, 0.5) is 10.8 Å². The van der Waals surface area contributed by atoms with E-state index in [1.165, 1.54) is 23.1 Å². The van der Waals surface area contributed by atoms with Gasteiger partial charge >= 0.3 is 0 Å². The zero-order valence-electron chi connectivity index (χ0n) is 15.1. The quantitative estimate of drug-likeness (QED) is 0.460. The van der Waals surface area contributed by atoms with Gasteiger partial charge in [-0.1, -0.05) is 52.9 Å². The molecule has 0 amide bonds. The smallest absolute Gasteiger partial charge is 0.261 e. The lowest BCUT2D eigenvalue weighted by atomic mass is 10.2. The summed E-state index contributed by atoms with van der Waals surface area (Å²) in [7, 11) is 1.74. The van der Waals surface area contributed by atoms with Gasteiger partial charge in [-0.3, -0.25) is 9.36 Å². The Hall–Kier alpha value is -2.42. The molecule has 0 saturated carbocycles. The number of nitrogens with one attached hydrogen (secondary N) is 1. The minimum absolute atomic E-state index is 0.0444. The molecule has 1 N–H and O–H groups in total. The molecular formula is C19H16ClN5OS2. The molecule has 0 aliphatic heterocycles. The van der Waals surface area contributed by atoms with Gasteiger partial charge in [0.15, 0.2) is 4.34 Å². The van der Waals surface area contributed by atoms with E-state index in [-0.39, 0.29) is 5.56 Å². The fraction of sp³-hybridized carbons (Fsp3) is 0.158. The van der Waals surface area contributed by atoms with E-state index in [2.05, 4.69) is 20.5 Å². The van der Waals surface area contributed by atoms with E-state index in [0.717, 1.165) is 15.6 Å². The molecule has 142 valence electrons. The van der Waals surface area contributed by atoms with Crippen molar-refractivity contribution < 1.29 is 0 Å². The average molecular weight is 430 g/mol. The maximum Gasteiger partial charge on any atom is 0.261 e. The highest BCUT2D eigenvalue weighted by Gasteiger charge is 2.11. The van der Waals surface area contributed by atoms with Crippen molar-refractivity contribution >= 4 is 56.4 Å². The average Bonchev–Trinajstić information content (AvgIpc) is 3.14. The number of para-hydroxylation sites is 1. The lowest BCUT2D eigenvalue weighted by Crippen LogP contribution is -2.21. The van der Waals surface area contributed by atoms with Crippen LogP contribution in [-0.2, 0) is 12.8 Å². The van der Waals surface area contributed by atoms with Crippen LogP contribution in [0.5, 0.6) is 0 Å². The molecule has 0 fully saturated rings. The first-order valence-corrected chi connectivity index (χ1v) is 10.6. The van der Waals surface area contributed by atoms with Gasteiger partial charge in [-0.2, -0.15) is 0 Å². The highest BCUT2D eigenvalue weighted by Crippen LogP contribution is 2.30. The topological polar surface area (TPSA) is 72.7 Å². The summed E-state index contributed by atoms with van der Waals surface area (Å²) < 4.78 is 2.38. The van der Waals surface area contributed by atoms with Crippen LogP contribution in [-0.4, -0.2) is 19.7 Å². The molecule has 0 aliphatic rings. The monoisotopic (exact) mass is 429 g/mol. The number of aromatic nitrogens is 4. The van der Waals surface area contributed by atoms with E-state index in [9.17, 15) is 4.79 Å². The third kappa shape index (κ3) is 3.89. The van der Waals surface area contributed by atoms with E-state index >= 15 is 0 Å². The molecule has 0 radical (unpaired) electrons. The largest absolute Gasteiger partial charge is 0.330 e. The van der Waals surface area contributed by atoms with Crippen molar-refractivity contribution in [2.24, 2.45) is 7.05 Å². The minimum Gasteiger partial charge on any atom is -0.330 e. The number of rotatable bonds is 5. The molecule has 9 heteroatoms. The van der Waals surface area contributed by atoms with Crippen molar-refractivity contribution in [3.8, 4) is 0 Å². The second-order valence-electron chi connectivity index (χ2n) is 6.16. The number of halogens is 1. The van der Waals surface area contributed by atoms with Crippen LogP contribution in [0.2, 0.25) is 5.02 Å².